The van der Waals surface area contributed by atoms with Crippen molar-refractivity contribution in [1.82, 2.24) is 15.1 Å². The lowest BCUT2D eigenvalue weighted by Gasteiger charge is -2.37. The minimum atomic E-state index is -0.286. The number of benzene rings is 1. The van der Waals surface area contributed by atoms with Gasteiger partial charge in [0.25, 0.3) is 5.91 Å². The first-order chi connectivity index (χ1) is 16.8. The largest absolute Gasteiger partial charge is 0.491 e. The Morgan fingerprint density at radius 3 is 2.63 bits per heavy atom. The molecule has 0 bridgehead atoms. The van der Waals surface area contributed by atoms with Crippen LogP contribution in [0.3, 0.4) is 0 Å². The third-order valence-electron chi connectivity index (χ3n) is 7.33. The number of urea groups is 1. The van der Waals surface area contributed by atoms with Crippen LogP contribution in [-0.4, -0.2) is 80.8 Å². The van der Waals surface area contributed by atoms with E-state index in [9.17, 15) is 9.59 Å². The molecule has 0 spiro atoms. The van der Waals surface area contributed by atoms with Crippen LogP contribution in [0.1, 0.15) is 63.2 Å². The van der Waals surface area contributed by atoms with Crippen molar-refractivity contribution in [2.45, 2.75) is 65.0 Å². The van der Waals surface area contributed by atoms with Crippen molar-refractivity contribution in [1.29, 1.82) is 0 Å². The molecule has 35 heavy (non-hydrogen) atoms. The number of hydrogen-bond donors (Lipinski definition) is 2. The zero-order valence-electron chi connectivity index (χ0n) is 22.1. The molecule has 2 aliphatic rings. The monoisotopic (exact) mass is 488 g/mol. The molecule has 1 aliphatic heterocycles. The maximum atomic E-state index is 13.5. The maximum absolute atomic E-state index is 13.5. The van der Waals surface area contributed by atoms with Crippen LogP contribution in [-0.2, 0) is 4.74 Å². The molecule has 2 N–H and O–H groups in total. The Morgan fingerprint density at radius 2 is 1.94 bits per heavy atom. The van der Waals surface area contributed by atoms with Gasteiger partial charge < -0.3 is 25.0 Å². The second kappa shape index (κ2) is 13.1. The summed E-state index contributed by atoms with van der Waals surface area (Å²) < 4.78 is 12.1. The molecule has 3 atom stereocenters. The number of amides is 3. The molecule has 8 nitrogen and oxygen atoms in total. The summed E-state index contributed by atoms with van der Waals surface area (Å²) >= 11 is 0. The molecule has 1 aromatic carbocycles. The average molecular weight is 489 g/mol. The van der Waals surface area contributed by atoms with Crippen LogP contribution in [0.15, 0.2) is 18.2 Å². The van der Waals surface area contributed by atoms with E-state index in [0.717, 1.165) is 25.4 Å². The summed E-state index contributed by atoms with van der Waals surface area (Å²) in [5.74, 6) is 1.38. The van der Waals surface area contributed by atoms with E-state index in [2.05, 4.69) is 29.4 Å². The van der Waals surface area contributed by atoms with E-state index in [1.807, 2.05) is 6.92 Å². The molecule has 0 aromatic heterocycles. The molecule has 8 heteroatoms. The highest BCUT2D eigenvalue weighted by Crippen LogP contribution is 2.29. The molecule has 0 saturated heterocycles. The Bertz CT molecular complexity index is 842. The summed E-state index contributed by atoms with van der Waals surface area (Å²) in [5, 5.41) is 5.62. The van der Waals surface area contributed by atoms with Gasteiger partial charge in [0.15, 0.2) is 0 Å². The SMILES string of the molecule is CCCNC(=O)Nc1ccc2c(c1)C(=O)N(C)C[C@@H](OC)[C@@H](C)CN(CC1CCCC1)[C@H](C)CO2. The van der Waals surface area contributed by atoms with Gasteiger partial charge in [0.1, 0.15) is 12.4 Å². The Hall–Kier alpha value is -2.32. The predicted octanol–water partition coefficient (Wildman–Crippen LogP) is 4.21. The van der Waals surface area contributed by atoms with Crippen LogP contribution in [0, 0.1) is 11.8 Å². The second-order valence-electron chi connectivity index (χ2n) is 10.3. The number of ether oxygens (including phenoxy) is 2. The van der Waals surface area contributed by atoms with Crippen molar-refractivity contribution in [3.8, 4) is 5.75 Å². The maximum Gasteiger partial charge on any atom is 0.319 e. The summed E-state index contributed by atoms with van der Waals surface area (Å²) in [6.45, 7) is 9.95. The highest BCUT2D eigenvalue weighted by molar-refractivity contribution is 5.99. The molecule has 3 amide bonds. The third-order valence-corrected chi connectivity index (χ3v) is 7.33. The molecule has 1 aromatic rings. The Kier molecular flexibility index (Phi) is 10.2. The van der Waals surface area contributed by atoms with E-state index in [1.54, 1.807) is 37.3 Å². The van der Waals surface area contributed by atoms with Gasteiger partial charge in [0.2, 0.25) is 0 Å². The number of carbonyl (C=O) groups is 2. The van der Waals surface area contributed by atoms with Crippen molar-refractivity contribution < 1.29 is 19.1 Å². The predicted molar refractivity (Wildman–Crippen MR) is 139 cm³/mol. The van der Waals surface area contributed by atoms with Crippen LogP contribution in [0.2, 0.25) is 0 Å². The molecule has 1 saturated carbocycles. The van der Waals surface area contributed by atoms with Gasteiger partial charge in [-0.1, -0.05) is 26.7 Å². The highest BCUT2D eigenvalue weighted by Gasteiger charge is 2.30. The zero-order chi connectivity index (χ0) is 25.4. The minimum Gasteiger partial charge on any atom is -0.491 e. The molecule has 0 unspecified atom stereocenters. The number of nitrogens with one attached hydrogen (secondary N) is 2. The van der Waals surface area contributed by atoms with Crippen molar-refractivity contribution in [2.24, 2.45) is 11.8 Å². The van der Waals surface area contributed by atoms with Gasteiger partial charge in [-0.3, -0.25) is 9.69 Å². The van der Waals surface area contributed by atoms with E-state index >= 15 is 0 Å². The lowest BCUT2D eigenvalue weighted by Crippen LogP contribution is -2.47. The van der Waals surface area contributed by atoms with Crippen molar-refractivity contribution in [2.75, 3.05) is 52.3 Å². The van der Waals surface area contributed by atoms with Crippen molar-refractivity contribution in [3.05, 3.63) is 23.8 Å². The van der Waals surface area contributed by atoms with Crippen LogP contribution in [0.5, 0.6) is 5.75 Å². The molecule has 1 aliphatic carbocycles. The number of fused-ring (bicyclic) bond motifs is 1. The van der Waals surface area contributed by atoms with Crippen LogP contribution in [0.4, 0.5) is 10.5 Å². The standard InChI is InChI=1S/C27H44N4O4/c1-6-13-28-27(33)29-22-11-12-24-23(14-22)26(32)30(4)17-25(34-5)19(2)15-31(20(3)18-35-24)16-21-9-7-8-10-21/h11-12,14,19-21,25H,6-10,13,15-18H2,1-5H3,(H2,28,29,33)/t19-,20+,25+/m0/s1. The van der Waals surface area contributed by atoms with Crippen molar-refractivity contribution in [3.63, 3.8) is 0 Å². The summed E-state index contributed by atoms with van der Waals surface area (Å²) in [6.07, 6.45) is 6.03. The van der Waals surface area contributed by atoms with E-state index in [-0.39, 0.29) is 30.0 Å². The zero-order valence-corrected chi connectivity index (χ0v) is 22.1. The molecular weight excluding hydrogens is 444 g/mol. The lowest BCUT2D eigenvalue weighted by molar-refractivity contribution is 0.00814. The quantitative estimate of drug-likeness (QED) is 0.627. The third kappa shape index (κ3) is 7.58. The summed E-state index contributed by atoms with van der Waals surface area (Å²) in [4.78, 5) is 29.9. The number of carbonyl (C=O) groups excluding carboxylic acids is 2. The normalized spacial score (nSPS) is 24.8. The molecule has 0 radical (unpaired) electrons. The number of rotatable bonds is 6. The highest BCUT2D eigenvalue weighted by atomic mass is 16.5. The minimum absolute atomic E-state index is 0.0767. The van der Waals surface area contributed by atoms with Gasteiger partial charge in [-0.15, -0.1) is 0 Å². The Labute approximate surface area is 210 Å². The molecular formula is C27H44N4O4. The number of likely N-dealkylation sites (N-methyl/N-ethyl adjacent to an activating group) is 1. The Morgan fingerprint density at radius 1 is 1.20 bits per heavy atom. The molecule has 3 rings (SSSR count). The number of methoxy groups -OCH3 is 1. The number of hydrogen-bond acceptors (Lipinski definition) is 5. The van der Waals surface area contributed by atoms with Gasteiger partial charge in [0, 0.05) is 52.1 Å². The van der Waals surface area contributed by atoms with E-state index < -0.39 is 0 Å². The second-order valence-corrected chi connectivity index (χ2v) is 10.3. The summed E-state index contributed by atoms with van der Waals surface area (Å²) in [5.41, 5.74) is 1.00. The van der Waals surface area contributed by atoms with Crippen molar-refractivity contribution >= 4 is 17.6 Å². The smallest absolute Gasteiger partial charge is 0.319 e. The van der Waals surface area contributed by atoms with Crippen LogP contribution in [0.25, 0.3) is 0 Å². The summed E-state index contributed by atoms with van der Waals surface area (Å²) in [6, 6.07) is 5.19. The van der Waals surface area contributed by atoms with Gasteiger partial charge in [-0.2, -0.15) is 0 Å². The van der Waals surface area contributed by atoms with Crippen LogP contribution < -0.4 is 15.4 Å². The van der Waals surface area contributed by atoms with Gasteiger partial charge in [-0.05, 0) is 56.2 Å². The fourth-order valence-corrected chi connectivity index (χ4v) is 5.12. The lowest BCUT2D eigenvalue weighted by atomic mass is 9.99. The van der Waals surface area contributed by atoms with Gasteiger partial charge in [-0.25, -0.2) is 4.79 Å². The molecule has 1 heterocycles. The first-order valence-corrected chi connectivity index (χ1v) is 13.2. The fourth-order valence-electron chi connectivity index (χ4n) is 5.12. The first kappa shape index (κ1) is 27.3. The molecule has 196 valence electrons. The van der Waals surface area contributed by atoms with E-state index in [1.165, 1.54) is 25.7 Å². The summed E-state index contributed by atoms with van der Waals surface area (Å²) in [7, 11) is 3.52. The Balaban J connectivity index is 1.86. The van der Waals surface area contributed by atoms with E-state index in [4.69, 9.17) is 9.47 Å². The van der Waals surface area contributed by atoms with Gasteiger partial charge >= 0.3 is 6.03 Å². The first-order valence-electron chi connectivity index (χ1n) is 13.2. The van der Waals surface area contributed by atoms with Crippen LogP contribution >= 0.6 is 0 Å². The molecule has 1 fully saturated rings. The number of anilines is 1. The topological polar surface area (TPSA) is 83.1 Å². The van der Waals surface area contributed by atoms with Gasteiger partial charge in [0.05, 0.1) is 11.7 Å². The average Bonchev–Trinajstić information content (AvgIpc) is 3.36. The number of nitrogens with zero attached hydrogens (tertiary/aromatic N) is 2. The van der Waals surface area contributed by atoms with E-state index in [0.29, 0.717) is 36.7 Å². The fraction of sp³-hybridized carbons (Fsp3) is 0.704.